The van der Waals surface area contributed by atoms with Crippen LogP contribution in [-0.4, -0.2) is 72.7 Å². The largest absolute Gasteiger partial charge is 1.00 e. The van der Waals surface area contributed by atoms with Gasteiger partial charge >= 0.3 is 35.6 Å². The molecule has 25 heavy (non-hydrogen) atoms. The summed E-state index contributed by atoms with van der Waals surface area (Å²) in [4.78, 5) is 30.7. The average Bonchev–Trinajstić information content (AvgIpc) is 3.10. The molecular weight excluding hydrogens is 367 g/mol. The molecule has 3 aliphatic rings. The first-order valence-electron chi connectivity index (χ1n) is 7.75. The second-order valence-electron chi connectivity index (χ2n) is 6.06. The van der Waals surface area contributed by atoms with Crippen LogP contribution >= 0.6 is 0 Å². The zero-order valence-corrected chi connectivity index (χ0v) is 16.7. The minimum atomic E-state index is -5.04. The Kier molecular flexibility index (Phi) is 7.07. The van der Waals surface area contributed by atoms with Crippen LogP contribution in [0.4, 0.5) is 4.79 Å². The smallest absolute Gasteiger partial charge is 0.724 e. The van der Waals surface area contributed by atoms with Gasteiger partial charge in [0.1, 0.15) is 6.04 Å². The minimum absolute atomic E-state index is 0. The van der Waals surface area contributed by atoms with Crippen molar-refractivity contribution in [3.05, 3.63) is 0 Å². The number of hydrogen-bond acceptors (Lipinski definition) is 8. The summed E-state index contributed by atoms with van der Waals surface area (Å²) in [5, 5.41) is 3.76. The fourth-order valence-electron chi connectivity index (χ4n) is 3.28. The van der Waals surface area contributed by atoms with Crippen molar-refractivity contribution < 1.29 is 61.2 Å². The van der Waals surface area contributed by atoms with Crippen LogP contribution in [0, 0.1) is 0 Å². The Bertz CT molecular complexity index is 613. The van der Waals surface area contributed by atoms with Crippen molar-refractivity contribution in [1.82, 2.24) is 20.8 Å². The second-order valence-corrected chi connectivity index (χ2v) is 7.03. The zero-order chi connectivity index (χ0) is 17.3. The molecule has 136 valence electrons. The van der Waals surface area contributed by atoms with E-state index in [1.165, 1.54) is 4.90 Å². The zero-order valence-electron chi connectivity index (χ0n) is 13.8. The molecule has 3 heterocycles. The number of hydrogen-bond donors (Lipinski definition) is 2. The number of nitrogens with zero attached hydrogens (tertiary/aromatic N) is 2. The fourth-order valence-corrected chi connectivity index (χ4v) is 3.66. The van der Waals surface area contributed by atoms with E-state index in [0.717, 1.165) is 19.4 Å². The van der Waals surface area contributed by atoms with Gasteiger partial charge in [0.15, 0.2) is 0 Å². The van der Waals surface area contributed by atoms with Crippen LogP contribution in [0.15, 0.2) is 0 Å². The predicted molar refractivity (Wildman–Crippen MR) is 76.7 cm³/mol. The van der Waals surface area contributed by atoms with Gasteiger partial charge in [-0.3, -0.25) is 9.63 Å². The molecule has 3 rings (SSSR count). The molecule has 3 saturated heterocycles. The molecule has 0 aromatic rings. The Morgan fingerprint density at radius 3 is 2.76 bits per heavy atom. The Labute approximate surface area is 167 Å². The first-order valence-corrected chi connectivity index (χ1v) is 9.09. The number of carbonyl (C=O) groups excluding carboxylic acids is 2. The van der Waals surface area contributed by atoms with Crippen LogP contribution in [0.1, 0.15) is 25.7 Å². The van der Waals surface area contributed by atoms with E-state index < -0.39 is 34.4 Å². The summed E-state index contributed by atoms with van der Waals surface area (Å²) < 4.78 is 36.3. The van der Waals surface area contributed by atoms with E-state index in [0.29, 0.717) is 24.5 Å². The minimum Gasteiger partial charge on any atom is -0.724 e. The predicted octanol–water partition coefficient (Wildman–Crippen LogP) is -4.55. The molecule has 11 nitrogen and oxygen atoms in total. The van der Waals surface area contributed by atoms with E-state index in [2.05, 4.69) is 15.1 Å². The Balaban J connectivity index is 0.00000225. The fraction of sp³-hybridized carbons (Fsp3) is 0.833. The summed E-state index contributed by atoms with van der Waals surface area (Å²) >= 11 is 0. The Hall–Kier alpha value is -0.470. The number of amides is 3. The van der Waals surface area contributed by atoms with Gasteiger partial charge in [0.2, 0.25) is 10.4 Å². The standard InChI is InChI=1S/C12H20N4O7S.Na/c17-11(14-22-7-8-2-1-5-13-8)10-4-3-9-6-15(10)12(18)16(9)23-24(19,20)21;/h8-10,13H,1-7H2,(H,14,17)(H,19,20,21);/q;+1/p-1/t8-,9+,10-;/m0./s1. The molecule has 3 aliphatic heterocycles. The summed E-state index contributed by atoms with van der Waals surface area (Å²) in [6, 6.07) is -1.96. The molecular formula is C12H19N4NaO7S. The van der Waals surface area contributed by atoms with Gasteiger partial charge in [-0.15, -0.1) is 0 Å². The van der Waals surface area contributed by atoms with Crippen LogP contribution in [0.3, 0.4) is 0 Å². The molecule has 3 atom stereocenters. The summed E-state index contributed by atoms with van der Waals surface area (Å²) in [6.45, 7) is 1.38. The van der Waals surface area contributed by atoms with E-state index in [1.807, 2.05) is 0 Å². The number of rotatable bonds is 6. The van der Waals surface area contributed by atoms with Gasteiger partial charge in [-0.1, -0.05) is 0 Å². The first kappa shape index (κ1) is 20.8. The number of hydroxylamine groups is 3. The molecule has 0 aromatic carbocycles. The number of nitrogens with one attached hydrogen (secondary N) is 2. The normalized spacial score (nSPS) is 28.8. The maximum atomic E-state index is 12.2. The van der Waals surface area contributed by atoms with Crippen molar-refractivity contribution in [2.45, 2.75) is 43.8 Å². The molecule has 13 heteroatoms. The molecule has 3 amide bonds. The molecule has 0 aromatic heterocycles. The number of fused-ring (bicyclic) bond motifs is 2. The van der Waals surface area contributed by atoms with Gasteiger partial charge in [-0.05, 0) is 32.2 Å². The Morgan fingerprint density at radius 2 is 2.12 bits per heavy atom. The van der Waals surface area contributed by atoms with Gasteiger partial charge in [-0.2, -0.15) is 9.35 Å². The van der Waals surface area contributed by atoms with E-state index in [4.69, 9.17) is 4.84 Å². The van der Waals surface area contributed by atoms with Crippen LogP contribution in [0.2, 0.25) is 0 Å². The van der Waals surface area contributed by atoms with E-state index in [-0.39, 0.29) is 42.1 Å². The topological polar surface area (TPSA) is 140 Å². The number of piperidine rings is 1. The van der Waals surface area contributed by atoms with Gasteiger partial charge in [0, 0.05) is 12.6 Å². The van der Waals surface area contributed by atoms with Crippen molar-refractivity contribution >= 4 is 22.3 Å². The molecule has 0 saturated carbocycles. The monoisotopic (exact) mass is 386 g/mol. The summed E-state index contributed by atoms with van der Waals surface area (Å²) in [5.41, 5.74) is 2.33. The quantitative estimate of drug-likeness (QED) is 0.201. The molecule has 0 aliphatic carbocycles. The molecule has 3 fully saturated rings. The van der Waals surface area contributed by atoms with Gasteiger partial charge in [0.05, 0.1) is 12.6 Å². The third-order valence-corrected chi connectivity index (χ3v) is 4.76. The van der Waals surface area contributed by atoms with Crippen molar-refractivity contribution in [2.24, 2.45) is 0 Å². The molecule has 0 radical (unpaired) electrons. The molecule has 0 unspecified atom stereocenters. The maximum Gasteiger partial charge on any atom is 1.00 e. The summed E-state index contributed by atoms with van der Waals surface area (Å²) in [7, 11) is -5.04. The second kappa shape index (κ2) is 8.48. The first-order chi connectivity index (χ1) is 11.3. The van der Waals surface area contributed by atoms with E-state index in [1.54, 1.807) is 0 Å². The summed E-state index contributed by atoms with van der Waals surface area (Å²) in [5.74, 6) is -0.480. The maximum absolute atomic E-state index is 12.2. The third-order valence-electron chi connectivity index (χ3n) is 4.42. The number of urea groups is 1. The van der Waals surface area contributed by atoms with Crippen LogP contribution < -0.4 is 40.4 Å². The van der Waals surface area contributed by atoms with Gasteiger partial charge in [-0.25, -0.2) is 18.7 Å². The van der Waals surface area contributed by atoms with Crippen LogP contribution in [-0.2, 0) is 24.3 Å². The number of carbonyl (C=O) groups is 2. The molecule has 2 N–H and O–H groups in total. The van der Waals surface area contributed by atoms with Crippen LogP contribution in [0.5, 0.6) is 0 Å². The summed E-state index contributed by atoms with van der Waals surface area (Å²) in [6.07, 6.45) is 2.71. The van der Waals surface area contributed by atoms with Crippen molar-refractivity contribution in [1.29, 1.82) is 0 Å². The van der Waals surface area contributed by atoms with Crippen molar-refractivity contribution in [3.63, 3.8) is 0 Å². The third kappa shape index (κ3) is 5.04. The van der Waals surface area contributed by atoms with Crippen molar-refractivity contribution in [2.75, 3.05) is 19.7 Å². The molecule has 0 spiro atoms. The van der Waals surface area contributed by atoms with Crippen LogP contribution in [0.25, 0.3) is 0 Å². The van der Waals surface area contributed by atoms with Gasteiger partial charge in [0.25, 0.3) is 5.91 Å². The Morgan fingerprint density at radius 1 is 1.36 bits per heavy atom. The van der Waals surface area contributed by atoms with Gasteiger partial charge < -0.3 is 14.8 Å². The van der Waals surface area contributed by atoms with E-state index in [9.17, 15) is 22.6 Å². The molecule has 2 bridgehead atoms. The van der Waals surface area contributed by atoms with Crippen molar-refractivity contribution in [3.8, 4) is 0 Å². The SMILES string of the molecule is O=C(NOC[C@@H]1CCCN1)[C@@H]1CC[C@@H]2CN1C(=O)N2OS(=O)(=O)[O-].[Na+]. The van der Waals surface area contributed by atoms with E-state index >= 15 is 0 Å². The average molecular weight is 386 g/mol.